The highest BCUT2D eigenvalue weighted by Gasteiger charge is 2.19. The molecule has 5 nitrogen and oxygen atoms in total. The maximum atomic E-state index is 11.4. The van der Waals surface area contributed by atoms with Crippen LogP contribution in [0, 0.1) is 0 Å². The van der Waals surface area contributed by atoms with Gasteiger partial charge in [0.15, 0.2) is 9.84 Å². The number of hydrogen-bond donors (Lipinski definition) is 1. The molecular weight excluding hydrogens is 262 g/mol. The van der Waals surface area contributed by atoms with Crippen LogP contribution < -0.4 is 5.32 Å². The van der Waals surface area contributed by atoms with Gasteiger partial charge in [-0.05, 0) is 6.42 Å². The van der Waals surface area contributed by atoms with E-state index >= 15 is 0 Å². The van der Waals surface area contributed by atoms with Gasteiger partial charge in [-0.3, -0.25) is 0 Å². The molecule has 0 aliphatic heterocycles. The lowest BCUT2D eigenvalue weighted by Gasteiger charge is -2.19. The summed E-state index contributed by atoms with van der Waals surface area (Å²) in [4.78, 5) is 8.64. The molecule has 1 aromatic rings. The van der Waals surface area contributed by atoms with E-state index in [-0.39, 0.29) is 11.2 Å². The first kappa shape index (κ1) is 15.9. The Morgan fingerprint density at radius 2 is 1.89 bits per heavy atom. The average Bonchev–Trinajstić information content (AvgIpc) is 2.22. The monoisotopic (exact) mass is 285 g/mol. The van der Waals surface area contributed by atoms with E-state index in [1.807, 2.05) is 26.8 Å². The summed E-state index contributed by atoms with van der Waals surface area (Å²) in [7, 11) is -3.13. The number of anilines is 1. The van der Waals surface area contributed by atoms with E-state index in [0.717, 1.165) is 18.7 Å². The fourth-order valence-corrected chi connectivity index (χ4v) is 2.12. The second-order valence-electron chi connectivity index (χ2n) is 5.80. The molecule has 1 aromatic heterocycles. The largest absolute Gasteiger partial charge is 0.370 e. The zero-order valence-electron chi connectivity index (χ0n) is 12.3. The van der Waals surface area contributed by atoms with Crippen LogP contribution in [0.2, 0.25) is 0 Å². The number of rotatable bonds is 5. The summed E-state index contributed by atoms with van der Waals surface area (Å²) in [6.07, 6.45) is 2.18. The molecule has 1 N–H and O–H groups in total. The Morgan fingerprint density at radius 3 is 2.37 bits per heavy atom. The zero-order chi connectivity index (χ0) is 14.7. The molecule has 6 heteroatoms. The van der Waals surface area contributed by atoms with Crippen molar-refractivity contribution in [3.8, 4) is 0 Å². The van der Waals surface area contributed by atoms with Crippen molar-refractivity contribution in [2.45, 2.75) is 45.3 Å². The summed E-state index contributed by atoms with van der Waals surface area (Å²) in [5.74, 6) is 0.923. The minimum atomic E-state index is -3.13. The Hall–Kier alpha value is -1.17. The Morgan fingerprint density at radius 1 is 1.26 bits per heavy atom. The fourth-order valence-electron chi connectivity index (χ4n) is 1.52. The van der Waals surface area contributed by atoms with Gasteiger partial charge in [0, 0.05) is 24.3 Å². The Bertz CT molecular complexity index is 533. The quantitative estimate of drug-likeness (QED) is 0.897. The van der Waals surface area contributed by atoms with E-state index in [9.17, 15) is 8.42 Å². The summed E-state index contributed by atoms with van der Waals surface area (Å²) in [5, 5.41) is 3.19. The SMILES string of the molecule is CCCNc1cc(C(C)(C)C)nc(CS(C)(=O)=O)n1. The Labute approximate surface area is 115 Å². The van der Waals surface area contributed by atoms with Gasteiger partial charge in [0.05, 0.1) is 5.69 Å². The van der Waals surface area contributed by atoms with Crippen molar-refractivity contribution in [1.29, 1.82) is 0 Å². The molecule has 108 valence electrons. The van der Waals surface area contributed by atoms with E-state index in [1.165, 1.54) is 6.26 Å². The highest BCUT2D eigenvalue weighted by Crippen LogP contribution is 2.22. The van der Waals surface area contributed by atoms with Gasteiger partial charge in [-0.1, -0.05) is 27.7 Å². The lowest BCUT2D eigenvalue weighted by atomic mass is 9.92. The molecule has 0 spiro atoms. The number of nitrogens with one attached hydrogen (secondary N) is 1. The minimum absolute atomic E-state index is 0.127. The van der Waals surface area contributed by atoms with Gasteiger partial charge in [0.1, 0.15) is 17.4 Å². The Balaban J connectivity index is 3.16. The van der Waals surface area contributed by atoms with Crippen molar-refractivity contribution in [3.05, 3.63) is 17.6 Å². The predicted octanol–water partition coefficient (Wildman–Crippen LogP) is 2.14. The van der Waals surface area contributed by atoms with Crippen molar-refractivity contribution in [2.24, 2.45) is 0 Å². The lowest BCUT2D eigenvalue weighted by Crippen LogP contribution is -2.18. The number of hydrogen-bond acceptors (Lipinski definition) is 5. The predicted molar refractivity (Wildman–Crippen MR) is 78.1 cm³/mol. The first-order chi connectivity index (χ1) is 8.62. The standard InChI is InChI=1S/C13H23N3O2S/c1-6-7-14-11-8-10(13(2,3)4)15-12(16-11)9-19(5,17)18/h8H,6-7,9H2,1-5H3,(H,14,15,16). The molecule has 1 rings (SSSR count). The van der Waals surface area contributed by atoms with E-state index in [2.05, 4.69) is 22.2 Å². The molecule has 0 radical (unpaired) electrons. The molecule has 0 amide bonds. The minimum Gasteiger partial charge on any atom is -0.370 e. The van der Waals surface area contributed by atoms with Gasteiger partial charge in [0.2, 0.25) is 0 Å². The number of nitrogens with zero attached hydrogens (tertiary/aromatic N) is 2. The van der Waals surface area contributed by atoms with E-state index in [1.54, 1.807) is 0 Å². The molecule has 1 heterocycles. The van der Waals surface area contributed by atoms with Gasteiger partial charge >= 0.3 is 0 Å². The molecule has 19 heavy (non-hydrogen) atoms. The van der Waals surface area contributed by atoms with Crippen molar-refractivity contribution < 1.29 is 8.42 Å². The first-order valence-electron chi connectivity index (χ1n) is 6.42. The van der Waals surface area contributed by atoms with Crippen LogP contribution in [-0.2, 0) is 21.0 Å². The zero-order valence-corrected chi connectivity index (χ0v) is 13.1. The van der Waals surface area contributed by atoms with Gasteiger partial charge < -0.3 is 5.32 Å². The summed E-state index contributed by atoms with van der Waals surface area (Å²) < 4.78 is 22.8. The van der Waals surface area contributed by atoms with Crippen LogP contribution in [0.1, 0.15) is 45.6 Å². The maximum Gasteiger partial charge on any atom is 0.154 e. The lowest BCUT2D eigenvalue weighted by molar-refractivity contribution is 0.562. The smallest absolute Gasteiger partial charge is 0.154 e. The summed E-state index contributed by atoms with van der Waals surface area (Å²) in [6.45, 7) is 9.00. The van der Waals surface area contributed by atoms with Crippen LogP contribution in [0.5, 0.6) is 0 Å². The van der Waals surface area contributed by atoms with Crippen molar-refractivity contribution in [3.63, 3.8) is 0 Å². The first-order valence-corrected chi connectivity index (χ1v) is 8.48. The van der Waals surface area contributed by atoms with Crippen LogP contribution in [0.4, 0.5) is 5.82 Å². The van der Waals surface area contributed by atoms with Crippen LogP contribution in [0.25, 0.3) is 0 Å². The molecule has 0 aliphatic carbocycles. The third-order valence-corrected chi connectivity index (χ3v) is 3.27. The summed E-state index contributed by atoms with van der Waals surface area (Å²) in [5.41, 5.74) is 0.706. The molecule has 0 atom stereocenters. The fraction of sp³-hybridized carbons (Fsp3) is 0.692. The van der Waals surface area contributed by atoms with E-state index in [4.69, 9.17) is 0 Å². The third kappa shape index (κ3) is 5.55. The molecule has 0 aliphatic rings. The molecule has 0 unspecified atom stereocenters. The number of aromatic nitrogens is 2. The highest BCUT2D eigenvalue weighted by atomic mass is 32.2. The van der Waals surface area contributed by atoms with Crippen LogP contribution in [0.15, 0.2) is 6.07 Å². The van der Waals surface area contributed by atoms with Gasteiger partial charge in [-0.25, -0.2) is 18.4 Å². The van der Waals surface area contributed by atoms with Crippen molar-refractivity contribution in [1.82, 2.24) is 9.97 Å². The summed E-state index contributed by atoms with van der Waals surface area (Å²) in [6, 6.07) is 1.89. The van der Waals surface area contributed by atoms with Crippen molar-refractivity contribution >= 4 is 15.7 Å². The molecular formula is C13H23N3O2S. The highest BCUT2D eigenvalue weighted by molar-refractivity contribution is 7.89. The average molecular weight is 285 g/mol. The van der Waals surface area contributed by atoms with E-state index < -0.39 is 9.84 Å². The molecule has 0 bridgehead atoms. The maximum absolute atomic E-state index is 11.4. The van der Waals surface area contributed by atoms with E-state index in [0.29, 0.717) is 11.6 Å². The van der Waals surface area contributed by atoms with Crippen molar-refractivity contribution in [2.75, 3.05) is 18.1 Å². The molecule has 0 saturated carbocycles. The summed E-state index contributed by atoms with van der Waals surface area (Å²) >= 11 is 0. The van der Waals surface area contributed by atoms with Gasteiger partial charge in [0.25, 0.3) is 0 Å². The molecule has 0 aromatic carbocycles. The second-order valence-corrected chi connectivity index (χ2v) is 7.94. The third-order valence-electron chi connectivity index (χ3n) is 2.49. The topological polar surface area (TPSA) is 72.0 Å². The number of sulfone groups is 1. The van der Waals surface area contributed by atoms with Gasteiger partial charge in [-0.2, -0.15) is 0 Å². The van der Waals surface area contributed by atoms with Crippen LogP contribution in [0.3, 0.4) is 0 Å². The molecule has 0 fully saturated rings. The normalized spacial score (nSPS) is 12.5. The van der Waals surface area contributed by atoms with Gasteiger partial charge in [-0.15, -0.1) is 0 Å². The van der Waals surface area contributed by atoms with Crippen LogP contribution in [-0.4, -0.2) is 31.2 Å². The molecule has 0 saturated heterocycles. The second kappa shape index (κ2) is 5.86. The Kier molecular flexibility index (Phi) is 4.90. The van der Waals surface area contributed by atoms with Crippen LogP contribution >= 0.6 is 0 Å².